The maximum atomic E-state index is 10.5. The summed E-state index contributed by atoms with van der Waals surface area (Å²) in [6.45, 7) is 2.12. The fraction of sp³-hybridized carbons (Fsp3) is 0.273. The standard InChI is InChI=1S/C11H11NO2S2/c1-2-8-3-4-9(16-8)11-12-7(6-15-11)5-10(13)14/h3-4,6H,2,5H2,1H3,(H,13,14). The van der Waals surface area contributed by atoms with Crippen LogP contribution in [0.15, 0.2) is 17.5 Å². The second-order valence-corrected chi connectivity index (χ2v) is 5.36. The Bertz CT molecular complexity index is 502. The number of thiazole rings is 1. The quantitative estimate of drug-likeness (QED) is 0.911. The summed E-state index contributed by atoms with van der Waals surface area (Å²) in [6.07, 6.45) is 1.03. The molecule has 16 heavy (non-hydrogen) atoms. The average molecular weight is 253 g/mol. The van der Waals surface area contributed by atoms with E-state index in [1.54, 1.807) is 11.3 Å². The third-order valence-corrected chi connectivity index (χ3v) is 4.39. The fourth-order valence-electron chi connectivity index (χ4n) is 1.34. The maximum Gasteiger partial charge on any atom is 0.309 e. The van der Waals surface area contributed by atoms with Gasteiger partial charge in [0.1, 0.15) is 5.01 Å². The molecule has 5 heteroatoms. The third kappa shape index (κ3) is 2.48. The van der Waals surface area contributed by atoms with Crippen LogP contribution in [-0.2, 0) is 17.6 Å². The second-order valence-electron chi connectivity index (χ2n) is 3.33. The molecule has 84 valence electrons. The van der Waals surface area contributed by atoms with Crippen LogP contribution in [-0.4, -0.2) is 16.1 Å². The van der Waals surface area contributed by atoms with Crippen LogP contribution >= 0.6 is 22.7 Å². The van der Waals surface area contributed by atoms with E-state index in [9.17, 15) is 4.79 Å². The van der Waals surface area contributed by atoms with Crippen LogP contribution < -0.4 is 0 Å². The second kappa shape index (κ2) is 4.76. The minimum absolute atomic E-state index is 0.00249. The molecule has 0 fully saturated rings. The van der Waals surface area contributed by atoms with E-state index in [-0.39, 0.29) is 6.42 Å². The van der Waals surface area contributed by atoms with Gasteiger partial charge in [-0.1, -0.05) is 6.92 Å². The van der Waals surface area contributed by atoms with Gasteiger partial charge in [0.15, 0.2) is 0 Å². The summed E-state index contributed by atoms with van der Waals surface area (Å²) in [5.41, 5.74) is 0.638. The van der Waals surface area contributed by atoms with Crippen molar-refractivity contribution < 1.29 is 9.90 Å². The molecule has 0 aliphatic rings. The number of aliphatic carboxylic acids is 1. The Morgan fingerprint density at radius 3 is 2.94 bits per heavy atom. The molecule has 0 unspecified atom stereocenters. The summed E-state index contributed by atoms with van der Waals surface area (Å²) < 4.78 is 0. The predicted molar refractivity (Wildman–Crippen MR) is 66.1 cm³/mol. The Hall–Kier alpha value is -1.20. The van der Waals surface area contributed by atoms with Crippen molar-refractivity contribution in [1.29, 1.82) is 0 Å². The van der Waals surface area contributed by atoms with Gasteiger partial charge in [0.05, 0.1) is 17.0 Å². The van der Waals surface area contributed by atoms with Crippen LogP contribution in [0.4, 0.5) is 0 Å². The molecule has 2 aromatic heterocycles. The molecule has 2 heterocycles. The smallest absolute Gasteiger partial charge is 0.309 e. The number of carbonyl (C=O) groups is 1. The average Bonchev–Trinajstić information content (AvgIpc) is 2.83. The van der Waals surface area contributed by atoms with Gasteiger partial charge in [-0.15, -0.1) is 22.7 Å². The monoisotopic (exact) mass is 253 g/mol. The number of aryl methyl sites for hydroxylation is 1. The van der Waals surface area contributed by atoms with Gasteiger partial charge in [-0.2, -0.15) is 0 Å². The first-order chi connectivity index (χ1) is 7.69. The number of hydrogen-bond donors (Lipinski definition) is 1. The number of hydrogen-bond acceptors (Lipinski definition) is 4. The van der Waals surface area contributed by atoms with Gasteiger partial charge in [-0.25, -0.2) is 4.98 Å². The van der Waals surface area contributed by atoms with E-state index in [1.807, 2.05) is 11.4 Å². The molecule has 0 spiro atoms. The van der Waals surface area contributed by atoms with Crippen LogP contribution in [0.5, 0.6) is 0 Å². The molecular formula is C11H11NO2S2. The summed E-state index contributed by atoms with van der Waals surface area (Å²) in [7, 11) is 0. The van der Waals surface area contributed by atoms with E-state index in [4.69, 9.17) is 5.11 Å². The van der Waals surface area contributed by atoms with Crippen molar-refractivity contribution in [2.45, 2.75) is 19.8 Å². The number of carboxylic acid groups (broad SMARTS) is 1. The molecule has 0 aliphatic heterocycles. The Morgan fingerprint density at radius 1 is 1.50 bits per heavy atom. The molecule has 0 bridgehead atoms. The van der Waals surface area contributed by atoms with Crippen LogP contribution in [0.3, 0.4) is 0 Å². The first kappa shape index (κ1) is 11.3. The molecule has 2 rings (SSSR count). The highest BCUT2D eigenvalue weighted by molar-refractivity contribution is 7.21. The first-order valence-corrected chi connectivity index (χ1v) is 6.64. The summed E-state index contributed by atoms with van der Waals surface area (Å²) in [6, 6.07) is 4.14. The SMILES string of the molecule is CCc1ccc(-c2nc(CC(=O)O)cs2)s1. The topological polar surface area (TPSA) is 50.2 Å². The predicted octanol–water partition coefficient (Wildman–Crippen LogP) is 3.06. The van der Waals surface area contributed by atoms with E-state index < -0.39 is 5.97 Å². The van der Waals surface area contributed by atoms with Gasteiger partial charge in [-0.05, 0) is 18.6 Å². The number of thiophene rings is 1. The molecule has 0 aliphatic carbocycles. The lowest BCUT2D eigenvalue weighted by molar-refractivity contribution is -0.136. The zero-order valence-corrected chi connectivity index (χ0v) is 10.4. The molecule has 3 nitrogen and oxygen atoms in total. The van der Waals surface area contributed by atoms with E-state index in [1.165, 1.54) is 16.2 Å². The minimum Gasteiger partial charge on any atom is -0.481 e. The maximum absolute atomic E-state index is 10.5. The number of nitrogens with zero attached hydrogens (tertiary/aromatic N) is 1. The van der Waals surface area contributed by atoms with E-state index in [2.05, 4.69) is 18.0 Å². The van der Waals surface area contributed by atoms with Crippen molar-refractivity contribution in [3.8, 4) is 9.88 Å². The lowest BCUT2D eigenvalue weighted by Gasteiger charge is -1.89. The van der Waals surface area contributed by atoms with E-state index >= 15 is 0 Å². The van der Waals surface area contributed by atoms with Crippen molar-refractivity contribution in [2.24, 2.45) is 0 Å². The summed E-state index contributed by atoms with van der Waals surface area (Å²) in [5.74, 6) is -0.836. The van der Waals surface area contributed by atoms with Gasteiger partial charge in [0.2, 0.25) is 0 Å². The van der Waals surface area contributed by atoms with Crippen LogP contribution in [0.1, 0.15) is 17.5 Å². The molecule has 1 N–H and O–H groups in total. The number of carboxylic acids is 1. The highest BCUT2D eigenvalue weighted by Crippen LogP contribution is 2.30. The lowest BCUT2D eigenvalue weighted by Crippen LogP contribution is -1.99. The highest BCUT2D eigenvalue weighted by Gasteiger charge is 2.09. The largest absolute Gasteiger partial charge is 0.481 e. The van der Waals surface area contributed by atoms with E-state index in [0.717, 1.165) is 16.3 Å². The van der Waals surface area contributed by atoms with Crippen molar-refractivity contribution in [3.05, 3.63) is 28.1 Å². The van der Waals surface area contributed by atoms with Gasteiger partial charge in [0.25, 0.3) is 0 Å². The molecule has 0 amide bonds. The summed E-state index contributed by atoms with van der Waals surface area (Å²) in [4.78, 5) is 17.3. The molecule has 0 atom stereocenters. The molecule has 0 saturated carbocycles. The highest BCUT2D eigenvalue weighted by atomic mass is 32.1. The summed E-state index contributed by atoms with van der Waals surface area (Å²) >= 11 is 3.22. The first-order valence-electron chi connectivity index (χ1n) is 4.94. The van der Waals surface area contributed by atoms with Gasteiger partial charge in [0, 0.05) is 10.3 Å². The Balaban J connectivity index is 2.20. The Labute approximate surface area is 101 Å². The molecular weight excluding hydrogens is 242 g/mol. The number of rotatable bonds is 4. The molecule has 0 saturated heterocycles. The molecule has 0 aromatic carbocycles. The van der Waals surface area contributed by atoms with Crippen molar-refractivity contribution in [2.75, 3.05) is 0 Å². The van der Waals surface area contributed by atoms with Crippen LogP contribution in [0, 0.1) is 0 Å². The third-order valence-electron chi connectivity index (χ3n) is 2.10. The van der Waals surface area contributed by atoms with Crippen LogP contribution in [0.2, 0.25) is 0 Å². The number of aromatic nitrogens is 1. The fourth-order valence-corrected chi connectivity index (χ4v) is 3.18. The van der Waals surface area contributed by atoms with Gasteiger partial charge < -0.3 is 5.11 Å². The molecule has 2 aromatic rings. The van der Waals surface area contributed by atoms with Crippen LogP contribution in [0.25, 0.3) is 9.88 Å². The normalized spacial score (nSPS) is 10.6. The van der Waals surface area contributed by atoms with Gasteiger partial charge >= 0.3 is 5.97 Å². The summed E-state index contributed by atoms with van der Waals surface area (Å²) in [5, 5.41) is 11.4. The Morgan fingerprint density at radius 2 is 2.31 bits per heavy atom. The lowest BCUT2D eigenvalue weighted by atomic mass is 10.3. The van der Waals surface area contributed by atoms with Crippen molar-refractivity contribution in [1.82, 2.24) is 4.98 Å². The zero-order chi connectivity index (χ0) is 11.5. The van der Waals surface area contributed by atoms with Crippen molar-refractivity contribution in [3.63, 3.8) is 0 Å². The molecule has 0 radical (unpaired) electrons. The Kier molecular flexibility index (Phi) is 3.36. The zero-order valence-electron chi connectivity index (χ0n) is 8.77. The van der Waals surface area contributed by atoms with E-state index in [0.29, 0.717) is 5.69 Å². The minimum atomic E-state index is -0.836. The van der Waals surface area contributed by atoms with Crippen molar-refractivity contribution >= 4 is 28.6 Å². The van der Waals surface area contributed by atoms with Gasteiger partial charge in [-0.3, -0.25) is 4.79 Å².